The summed E-state index contributed by atoms with van der Waals surface area (Å²) in [4.78, 5) is 10.6. The van der Waals surface area contributed by atoms with Crippen LogP contribution in [0.15, 0.2) is 9.78 Å². The lowest BCUT2D eigenvalue weighted by Gasteiger charge is -2.09. The molecular weight excluding hydrogens is 219 g/mol. The summed E-state index contributed by atoms with van der Waals surface area (Å²) in [5, 5.41) is 5.47. The van der Waals surface area contributed by atoms with Gasteiger partial charge in [-0.1, -0.05) is 0 Å². The monoisotopic (exact) mass is 224 g/mol. The van der Waals surface area contributed by atoms with Crippen LogP contribution in [0.25, 0.3) is 0 Å². The van der Waals surface area contributed by atoms with Crippen LogP contribution in [0.3, 0.4) is 0 Å². The molecule has 0 aliphatic carbocycles. The molecule has 0 atom stereocenters. The van der Waals surface area contributed by atoms with Gasteiger partial charge in [-0.05, 0) is 22.6 Å². The number of hydrogen-bond donors (Lipinski definition) is 2. The number of halogens is 1. The van der Waals surface area contributed by atoms with Crippen LogP contribution in [0.5, 0.6) is 0 Å². The topological polar surface area (TPSA) is 41.1 Å². The van der Waals surface area contributed by atoms with Gasteiger partial charge in [0.25, 0.3) is 5.91 Å². The van der Waals surface area contributed by atoms with Crippen molar-refractivity contribution in [2.24, 2.45) is 0 Å². The smallest absolute Gasteiger partial charge is 0.260 e. The van der Waals surface area contributed by atoms with E-state index >= 15 is 0 Å². The summed E-state index contributed by atoms with van der Waals surface area (Å²) in [5.41, 5.74) is 0. The highest BCUT2D eigenvalue weighted by atomic mass is 127. The summed E-state index contributed by atoms with van der Waals surface area (Å²) in [5.74, 6) is 0.00403. The van der Waals surface area contributed by atoms with E-state index in [4.69, 9.17) is 0 Å². The van der Waals surface area contributed by atoms with Crippen molar-refractivity contribution in [2.45, 2.75) is 0 Å². The predicted molar refractivity (Wildman–Crippen MR) is 38.2 cm³/mol. The lowest BCUT2D eigenvalue weighted by molar-refractivity contribution is -0.117. The van der Waals surface area contributed by atoms with Crippen LogP contribution in [-0.4, -0.2) is 12.6 Å². The molecule has 1 aliphatic heterocycles. The number of nitrogens with one attached hydrogen (secondary N) is 2. The minimum absolute atomic E-state index is 0.00403. The van der Waals surface area contributed by atoms with Gasteiger partial charge in [0.05, 0.1) is 10.2 Å². The molecule has 0 bridgehead atoms. The Morgan fingerprint density at radius 2 is 2.50 bits per heavy atom. The van der Waals surface area contributed by atoms with Crippen molar-refractivity contribution in [2.75, 3.05) is 6.67 Å². The quantitative estimate of drug-likeness (QED) is 0.566. The first-order valence-electron chi connectivity index (χ1n) is 2.18. The summed E-state index contributed by atoms with van der Waals surface area (Å²) in [6, 6.07) is 0. The molecule has 3 nitrogen and oxygen atoms in total. The van der Waals surface area contributed by atoms with Crippen molar-refractivity contribution in [3.8, 4) is 0 Å². The average Bonchev–Trinajstić information content (AvgIpc) is 1.77. The Bertz CT molecular complexity index is 143. The van der Waals surface area contributed by atoms with E-state index in [2.05, 4.69) is 10.6 Å². The van der Waals surface area contributed by atoms with Crippen molar-refractivity contribution < 1.29 is 4.79 Å². The fraction of sp³-hybridized carbons (Fsp3) is 0.250. The molecule has 4 heteroatoms. The number of amides is 1. The van der Waals surface area contributed by atoms with Crippen molar-refractivity contribution >= 4 is 28.5 Å². The third-order valence-corrected chi connectivity index (χ3v) is 1.60. The summed E-state index contributed by atoms with van der Waals surface area (Å²) in [6.07, 6.45) is 1.69. The van der Waals surface area contributed by atoms with Crippen LogP contribution < -0.4 is 10.6 Å². The van der Waals surface area contributed by atoms with Crippen molar-refractivity contribution in [3.05, 3.63) is 9.78 Å². The standard InChI is InChI=1S/C4H5IN2O/c5-3-1-6-2-7-4(3)8/h1,6H,2H2,(H,7,8). The Morgan fingerprint density at radius 1 is 1.75 bits per heavy atom. The number of rotatable bonds is 0. The number of carbonyl (C=O) groups is 1. The molecule has 1 rings (SSSR count). The molecule has 1 heterocycles. The molecule has 0 aromatic heterocycles. The van der Waals surface area contributed by atoms with Crippen molar-refractivity contribution in [1.29, 1.82) is 0 Å². The minimum atomic E-state index is 0.00403. The molecular formula is C4H5IN2O. The summed E-state index contributed by atoms with van der Waals surface area (Å²) < 4.78 is 0.703. The SMILES string of the molecule is O=C1NCNC=C1I. The van der Waals surface area contributed by atoms with Gasteiger partial charge < -0.3 is 10.6 Å². The first-order valence-corrected chi connectivity index (χ1v) is 3.26. The highest BCUT2D eigenvalue weighted by Crippen LogP contribution is 2.04. The first-order chi connectivity index (χ1) is 3.80. The van der Waals surface area contributed by atoms with Crippen LogP contribution in [0.2, 0.25) is 0 Å². The van der Waals surface area contributed by atoms with E-state index in [0.29, 0.717) is 10.2 Å². The average molecular weight is 224 g/mol. The van der Waals surface area contributed by atoms with Crippen LogP contribution in [-0.2, 0) is 4.79 Å². The second-order valence-electron chi connectivity index (χ2n) is 1.38. The fourth-order valence-corrected chi connectivity index (χ4v) is 0.833. The van der Waals surface area contributed by atoms with E-state index in [1.165, 1.54) is 0 Å². The van der Waals surface area contributed by atoms with E-state index in [0.717, 1.165) is 0 Å². The molecule has 44 valence electrons. The molecule has 0 saturated heterocycles. The van der Waals surface area contributed by atoms with E-state index in [9.17, 15) is 4.79 Å². The predicted octanol–water partition coefficient (Wildman–Crippen LogP) is -0.0603. The van der Waals surface area contributed by atoms with Crippen LogP contribution in [0.1, 0.15) is 0 Å². The van der Waals surface area contributed by atoms with Crippen LogP contribution >= 0.6 is 22.6 Å². The first kappa shape index (κ1) is 5.87. The van der Waals surface area contributed by atoms with Crippen LogP contribution in [0.4, 0.5) is 0 Å². The highest BCUT2D eigenvalue weighted by Gasteiger charge is 2.06. The lowest BCUT2D eigenvalue weighted by Crippen LogP contribution is -2.36. The van der Waals surface area contributed by atoms with Gasteiger partial charge in [0, 0.05) is 6.20 Å². The third-order valence-electron chi connectivity index (χ3n) is 0.797. The van der Waals surface area contributed by atoms with Gasteiger partial charge in [-0.2, -0.15) is 0 Å². The Balaban J connectivity index is 2.67. The number of hydrogen-bond acceptors (Lipinski definition) is 2. The molecule has 0 saturated carbocycles. The number of carbonyl (C=O) groups excluding carboxylic acids is 1. The maximum atomic E-state index is 10.6. The Kier molecular flexibility index (Phi) is 1.72. The molecule has 0 radical (unpaired) electrons. The van der Waals surface area contributed by atoms with Gasteiger partial charge in [-0.15, -0.1) is 0 Å². The molecule has 0 fully saturated rings. The molecule has 0 aromatic rings. The molecule has 1 amide bonds. The van der Waals surface area contributed by atoms with E-state index in [-0.39, 0.29) is 5.91 Å². The summed E-state index contributed by atoms with van der Waals surface area (Å²) in [7, 11) is 0. The highest BCUT2D eigenvalue weighted by molar-refractivity contribution is 14.1. The van der Waals surface area contributed by atoms with Crippen molar-refractivity contribution in [3.63, 3.8) is 0 Å². The summed E-state index contributed by atoms with van der Waals surface area (Å²) in [6.45, 7) is 0.547. The Hall–Kier alpha value is -0.260. The zero-order valence-electron chi connectivity index (χ0n) is 4.07. The zero-order chi connectivity index (χ0) is 5.98. The maximum absolute atomic E-state index is 10.6. The van der Waals surface area contributed by atoms with E-state index in [1.54, 1.807) is 6.20 Å². The normalized spacial score (nSPS) is 18.6. The van der Waals surface area contributed by atoms with Gasteiger partial charge in [-0.3, -0.25) is 4.79 Å². The second-order valence-corrected chi connectivity index (χ2v) is 2.54. The van der Waals surface area contributed by atoms with Crippen molar-refractivity contribution in [1.82, 2.24) is 10.6 Å². The molecule has 0 unspecified atom stereocenters. The molecule has 0 spiro atoms. The molecule has 2 N–H and O–H groups in total. The largest absolute Gasteiger partial charge is 0.373 e. The van der Waals surface area contributed by atoms with E-state index in [1.807, 2.05) is 22.6 Å². The lowest BCUT2D eigenvalue weighted by atomic mass is 10.5. The fourth-order valence-electron chi connectivity index (χ4n) is 0.422. The molecule has 8 heavy (non-hydrogen) atoms. The Morgan fingerprint density at radius 3 is 2.88 bits per heavy atom. The maximum Gasteiger partial charge on any atom is 0.260 e. The van der Waals surface area contributed by atoms with E-state index < -0.39 is 0 Å². The van der Waals surface area contributed by atoms with Gasteiger partial charge in [0.2, 0.25) is 0 Å². The minimum Gasteiger partial charge on any atom is -0.373 e. The molecule has 0 aromatic carbocycles. The Labute approximate surface area is 60.7 Å². The van der Waals surface area contributed by atoms with Crippen LogP contribution in [0, 0.1) is 0 Å². The third kappa shape index (κ3) is 1.12. The van der Waals surface area contributed by atoms with Gasteiger partial charge >= 0.3 is 0 Å². The summed E-state index contributed by atoms with van der Waals surface area (Å²) >= 11 is 1.97. The van der Waals surface area contributed by atoms with Gasteiger partial charge in [-0.25, -0.2) is 0 Å². The zero-order valence-corrected chi connectivity index (χ0v) is 6.23. The second kappa shape index (κ2) is 2.34. The van der Waals surface area contributed by atoms with Gasteiger partial charge in [0.15, 0.2) is 0 Å². The molecule has 1 aliphatic rings. The van der Waals surface area contributed by atoms with Gasteiger partial charge in [0.1, 0.15) is 0 Å².